The second-order valence-electron chi connectivity index (χ2n) is 10.3. The Morgan fingerprint density at radius 1 is 1.24 bits per heavy atom. The third-order valence-corrected chi connectivity index (χ3v) is 12.2. The topological polar surface area (TPSA) is 79.4 Å². The lowest BCUT2D eigenvalue weighted by Gasteiger charge is -2.40. The molecule has 2 heterocycles. The van der Waals surface area contributed by atoms with Crippen LogP contribution in [-0.2, 0) is 4.43 Å². The molecule has 0 aliphatic heterocycles. The fourth-order valence-corrected chi connectivity index (χ4v) is 5.92. The SMILES string of the molecule is Cc1ccc(-c2cccc(OCC[C@H]([C@H](C)O[Si](C)(C)C(C)(C)C)n3cnc(C(N)=O)c3)c2)s1. The quantitative estimate of drug-likeness (QED) is 0.326. The molecular weight excluding hydrogens is 462 g/mol. The summed E-state index contributed by atoms with van der Waals surface area (Å²) in [5, 5.41) is 0.0935. The van der Waals surface area contributed by atoms with Crippen molar-refractivity contribution in [3.05, 3.63) is 59.5 Å². The van der Waals surface area contributed by atoms with Crippen LogP contribution in [0.5, 0.6) is 5.75 Å². The zero-order valence-corrected chi connectivity index (χ0v) is 23.1. The smallest absolute Gasteiger partial charge is 0.268 e. The molecule has 0 unspecified atom stereocenters. The molecular formula is C26H37N3O3SSi. The minimum absolute atomic E-state index is 0.0437. The van der Waals surface area contributed by atoms with Gasteiger partial charge in [-0.25, -0.2) is 4.98 Å². The Morgan fingerprint density at radius 2 is 1.97 bits per heavy atom. The molecule has 1 aromatic carbocycles. The average molecular weight is 500 g/mol. The summed E-state index contributed by atoms with van der Waals surface area (Å²) >= 11 is 1.77. The maximum absolute atomic E-state index is 11.6. The van der Waals surface area contributed by atoms with E-state index in [1.165, 1.54) is 9.75 Å². The van der Waals surface area contributed by atoms with Crippen LogP contribution in [0, 0.1) is 6.92 Å². The van der Waals surface area contributed by atoms with Crippen LogP contribution in [0.3, 0.4) is 0 Å². The minimum atomic E-state index is -1.99. The normalized spacial score (nSPS) is 14.1. The standard InChI is InChI=1S/C26H37N3O3SSi/c1-18-11-12-24(33-18)20-9-8-10-21(15-20)31-14-13-23(29-16-22(25(27)30)28-17-29)19(2)32-34(6,7)26(3,4)5/h8-12,15-17,19,23H,13-14H2,1-7H3,(H2,27,30)/t19-,23+/m0/s1. The fourth-order valence-electron chi connectivity index (χ4n) is 3.62. The number of ether oxygens (including phenoxy) is 1. The summed E-state index contributed by atoms with van der Waals surface area (Å²) in [6.07, 6.45) is 3.99. The molecule has 0 fully saturated rings. The number of nitrogens with two attached hydrogens (primary N) is 1. The van der Waals surface area contributed by atoms with Crippen molar-refractivity contribution in [2.24, 2.45) is 5.73 Å². The van der Waals surface area contributed by atoms with E-state index in [0.29, 0.717) is 13.0 Å². The molecule has 0 spiro atoms. The number of rotatable bonds is 10. The molecule has 0 radical (unpaired) electrons. The number of amides is 1. The van der Waals surface area contributed by atoms with E-state index in [-0.39, 0.29) is 22.9 Å². The van der Waals surface area contributed by atoms with Crippen molar-refractivity contribution in [2.45, 2.75) is 71.3 Å². The molecule has 2 aromatic heterocycles. The highest BCUT2D eigenvalue weighted by molar-refractivity contribution is 7.15. The number of imidazole rings is 1. The number of hydrogen-bond donors (Lipinski definition) is 1. The Hall–Kier alpha value is -2.42. The lowest BCUT2D eigenvalue weighted by Crippen LogP contribution is -2.45. The minimum Gasteiger partial charge on any atom is -0.493 e. The van der Waals surface area contributed by atoms with Crippen molar-refractivity contribution in [2.75, 3.05) is 6.61 Å². The van der Waals surface area contributed by atoms with E-state index in [2.05, 4.69) is 77.0 Å². The fraction of sp³-hybridized carbons (Fsp3) is 0.462. The first-order valence-corrected chi connectivity index (χ1v) is 15.4. The van der Waals surface area contributed by atoms with Crippen LogP contribution in [-0.4, -0.2) is 36.5 Å². The van der Waals surface area contributed by atoms with Crippen molar-refractivity contribution in [3.8, 4) is 16.2 Å². The first-order valence-electron chi connectivity index (χ1n) is 11.7. The third-order valence-electron chi connectivity index (χ3n) is 6.61. The molecule has 34 heavy (non-hydrogen) atoms. The van der Waals surface area contributed by atoms with Gasteiger partial charge in [0.2, 0.25) is 0 Å². The van der Waals surface area contributed by atoms with Crippen molar-refractivity contribution < 1.29 is 14.0 Å². The van der Waals surface area contributed by atoms with Crippen LogP contribution in [0.4, 0.5) is 0 Å². The number of nitrogens with zero attached hydrogens (tertiary/aromatic N) is 2. The highest BCUT2D eigenvalue weighted by atomic mass is 32.1. The lowest BCUT2D eigenvalue weighted by molar-refractivity contribution is 0.0994. The predicted molar refractivity (Wildman–Crippen MR) is 142 cm³/mol. The molecule has 0 saturated carbocycles. The van der Waals surface area contributed by atoms with Crippen LogP contribution in [0.15, 0.2) is 48.9 Å². The molecule has 3 rings (SSSR count). The highest BCUT2D eigenvalue weighted by Crippen LogP contribution is 2.39. The van der Waals surface area contributed by atoms with Gasteiger partial charge in [0.05, 0.1) is 25.1 Å². The maximum Gasteiger partial charge on any atom is 0.268 e. The number of carbonyl (C=O) groups is 1. The molecule has 184 valence electrons. The van der Waals surface area contributed by atoms with Crippen LogP contribution < -0.4 is 10.5 Å². The van der Waals surface area contributed by atoms with Gasteiger partial charge in [0.25, 0.3) is 5.91 Å². The monoisotopic (exact) mass is 499 g/mol. The number of primary amides is 1. The van der Waals surface area contributed by atoms with Crippen molar-refractivity contribution in [1.82, 2.24) is 9.55 Å². The molecule has 0 aliphatic carbocycles. The second kappa shape index (κ2) is 10.5. The van der Waals surface area contributed by atoms with E-state index in [9.17, 15) is 4.79 Å². The molecule has 3 aromatic rings. The predicted octanol–water partition coefficient (Wildman–Crippen LogP) is 6.44. The lowest BCUT2D eigenvalue weighted by atomic mass is 10.1. The second-order valence-corrected chi connectivity index (χ2v) is 16.3. The first-order chi connectivity index (χ1) is 15.9. The van der Waals surface area contributed by atoms with Gasteiger partial charge in [-0.15, -0.1) is 11.3 Å². The van der Waals surface area contributed by atoms with E-state index in [1.54, 1.807) is 23.9 Å². The van der Waals surface area contributed by atoms with E-state index in [4.69, 9.17) is 14.9 Å². The summed E-state index contributed by atoms with van der Waals surface area (Å²) in [5.41, 5.74) is 6.85. The van der Waals surface area contributed by atoms with Crippen LogP contribution >= 0.6 is 11.3 Å². The zero-order valence-electron chi connectivity index (χ0n) is 21.3. The molecule has 2 atom stereocenters. The summed E-state index contributed by atoms with van der Waals surface area (Å²) in [5.74, 6) is 0.302. The third kappa shape index (κ3) is 6.37. The number of aromatic nitrogens is 2. The molecule has 0 saturated heterocycles. The molecule has 6 nitrogen and oxygen atoms in total. The number of carbonyl (C=O) groups excluding carboxylic acids is 1. The van der Waals surface area contributed by atoms with Crippen LogP contribution in [0.25, 0.3) is 10.4 Å². The highest BCUT2D eigenvalue weighted by Gasteiger charge is 2.40. The summed E-state index contributed by atoms with van der Waals surface area (Å²) < 4.78 is 14.8. The summed E-state index contributed by atoms with van der Waals surface area (Å²) in [4.78, 5) is 18.3. The molecule has 1 amide bonds. The number of benzene rings is 1. The molecule has 0 aliphatic rings. The zero-order chi connectivity index (χ0) is 25.1. The van der Waals surface area contributed by atoms with Crippen LogP contribution in [0.2, 0.25) is 18.1 Å². The Labute approximate surface area is 208 Å². The van der Waals surface area contributed by atoms with Gasteiger partial charge in [-0.2, -0.15) is 0 Å². The number of thiophene rings is 1. The van der Waals surface area contributed by atoms with Gasteiger partial charge in [0.15, 0.2) is 8.32 Å². The largest absolute Gasteiger partial charge is 0.493 e. The Morgan fingerprint density at radius 3 is 2.56 bits per heavy atom. The van der Waals surface area contributed by atoms with Gasteiger partial charge >= 0.3 is 0 Å². The van der Waals surface area contributed by atoms with Crippen molar-refractivity contribution >= 4 is 25.6 Å². The summed E-state index contributed by atoms with van der Waals surface area (Å²) in [6, 6.07) is 12.4. The number of hydrogen-bond acceptors (Lipinski definition) is 5. The molecule has 0 bridgehead atoms. The van der Waals surface area contributed by atoms with Crippen molar-refractivity contribution in [3.63, 3.8) is 0 Å². The average Bonchev–Trinajstić information content (AvgIpc) is 3.40. The summed E-state index contributed by atoms with van der Waals surface area (Å²) in [6.45, 7) is 15.9. The maximum atomic E-state index is 11.6. The van der Waals surface area contributed by atoms with E-state index < -0.39 is 14.2 Å². The Bertz CT molecular complexity index is 1120. The van der Waals surface area contributed by atoms with E-state index in [0.717, 1.165) is 11.3 Å². The molecule has 2 N–H and O–H groups in total. The Kier molecular flexibility index (Phi) is 8.05. The van der Waals surface area contributed by atoms with E-state index in [1.807, 2.05) is 16.7 Å². The Balaban J connectivity index is 1.74. The van der Waals surface area contributed by atoms with Gasteiger partial charge in [-0.1, -0.05) is 32.9 Å². The van der Waals surface area contributed by atoms with E-state index >= 15 is 0 Å². The van der Waals surface area contributed by atoms with Gasteiger partial charge in [-0.3, -0.25) is 4.79 Å². The first kappa shape index (κ1) is 26.2. The van der Waals surface area contributed by atoms with Crippen LogP contribution in [0.1, 0.15) is 55.5 Å². The summed E-state index contributed by atoms with van der Waals surface area (Å²) in [7, 11) is -1.99. The van der Waals surface area contributed by atoms with Gasteiger partial charge < -0.3 is 19.5 Å². The van der Waals surface area contributed by atoms with Gasteiger partial charge in [0, 0.05) is 22.4 Å². The van der Waals surface area contributed by atoms with Gasteiger partial charge in [-0.05, 0) is 61.8 Å². The van der Waals surface area contributed by atoms with Gasteiger partial charge in [0.1, 0.15) is 11.4 Å². The number of aryl methyl sites for hydroxylation is 1. The molecule has 8 heteroatoms. The van der Waals surface area contributed by atoms with Crippen molar-refractivity contribution in [1.29, 1.82) is 0 Å².